The minimum atomic E-state index is -0.804. The predicted octanol–water partition coefficient (Wildman–Crippen LogP) is 21.9. The van der Waals surface area contributed by atoms with Crippen LogP contribution in [0.15, 0.2) is 237 Å². The lowest BCUT2D eigenvalue weighted by Crippen LogP contribution is -2.48. The van der Waals surface area contributed by atoms with E-state index in [1.807, 2.05) is 138 Å². The molecule has 0 saturated heterocycles. The van der Waals surface area contributed by atoms with Gasteiger partial charge in [-0.1, -0.05) is 180 Å². The summed E-state index contributed by atoms with van der Waals surface area (Å²) in [6.45, 7) is 33.5. The van der Waals surface area contributed by atoms with Crippen molar-refractivity contribution in [2.75, 3.05) is 54.9 Å². The molecule has 770 valence electrons. The van der Waals surface area contributed by atoms with Crippen molar-refractivity contribution in [2.45, 2.75) is 241 Å². The second kappa shape index (κ2) is 40.2. The van der Waals surface area contributed by atoms with Crippen LogP contribution in [-0.2, 0) is 89.7 Å². The van der Waals surface area contributed by atoms with Crippen molar-refractivity contribution in [1.29, 1.82) is 10.5 Å². The molecular weight excluding hydrogens is 1870 g/mol. The Morgan fingerprint density at radius 1 is 0.333 bits per heavy atom. The minimum absolute atomic E-state index is 0.0317. The van der Waals surface area contributed by atoms with Crippen LogP contribution >= 0.6 is 0 Å². The van der Waals surface area contributed by atoms with Gasteiger partial charge in [-0.05, 0) is 330 Å². The fourth-order valence-corrected chi connectivity index (χ4v) is 27.9. The molecule has 28 nitrogen and oxygen atoms in total. The molecular formula is C122H136N22O6. The maximum atomic E-state index is 9.30. The Kier molecular flexibility index (Phi) is 27.2. The SMILES string of the molecule is CCOC1CCC2(CC1)Cc1ccc(-c3cccc(C#N)c3)cc1C21N=C(N)N(C)O1.CN1OC2(N=C1N)c1cc(-c3cccc(C#N)c3)ccc1CC21CCCCC1.[C-]#[N+]c1cccc(-c2ccc3c(c2)C2(N=C(N)N(C)O2)C2(CCC(C)CC2)C3)c1.[C-]#[N+]c1cccc(-c2ccc3c(c2)C2(N=C(N)N(C)O2)C2(CCC(NCC)CC2)C3)c1.[C-]#[N+]c1cccc(-c2ccc3c(c2)C2(N=C(N)N(C)O2)C2(CCC(NCC)CC2)C3)c1. The molecule has 10 aromatic rings. The van der Waals surface area contributed by atoms with Crippen molar-refractivity contribution in [3.63, 3.8) is 0 Å². The maximum Gasteiger partial charge on any atom is 0.220 e. The molecule has 5 heterocycles. The van der Waals surface area contributed by atoms with E-state index in [9.17, 15) is 10.5 Å². The van der Waals surface area contributed by atoms with E-state index in [0.29, 0.717) is 76.2 Å². The van der Waals surface area contributed by atoms with E-state index in [1.54, 1.807) is 25.3 Å². The Bertz CT molecular complexity index is 6870. The van der Waals surface area contributed by atoms with Gasteiger partial charge in [-0.3, -0.25) is 0 Å². The topological polar surface area (TPSA) is 348 Å². The molecule has 12 N–H and O–H groups in total. The van der Waals surface area contributed by atoms with Gasteiger partial charge >= 0.3 is 0 Å². The molecule has 5 atom stereocenters. The summed E-state index contributed by atoms with van der Waals surface area (Å²) in [4.78, 5) is 68.0. The first-order chi connectivity index (χ1) is 72.5. The van der Waals surface area contributed by atoms with E-state index in [-0.39, 0.29) is 27.1 Å². The Balaban J connectivity index is 0.000000110. The number of nitriles is 2. The lowest BCUT2D eigenvalue weighted by Gasteiger charge is -2.45. The first-order valence-corrected chi connectivity index (χ1v) is 53.6. The third kappa shape index (κ3) is 17.4. The van der Waals surface area contributed by atoms with Crippen molar-refractivity contribution in [1.82, 2.24) is 35.9 Å². The summed E-state index contributed by atoms with van der Waals surface area (Å²) in [7, 11) is 9.18. The third-order valence-corrected chi connectivity index (χ3v) is 35.7. The van der Waals surface area contributed by atoms with Gasteiger partial charge in [0.15, 0.2) is 17.1 Å². The highest BCUT2D eigenvalue weighted by atomic mass is 16.7. The van der Waals surface area contributed by atoms with E-state index < -0.39 is 28.6 Å². The molecule has 10 aromatic carbocycles. The van der Waals surface area contributed by atoms with Crippen LogP contribution in [0.2, 0.25) is 0 Å². The van der Waals surface area contributed by atoms with Gasteiger partial charge in [-0.2, -0.15) is 10.5 Å². The van der Waals surface area contributed by atoms with Crippen LogP contribution < -0.4 is 39.3 Å². The average molecular weight is 2010 g/mol. The molecule has 25 rings (SSSR count). The van der Waals surface area contributed by atoms with Crippen LogP contribution in [0.4, 0.5) is 17.1 Å². The molecule has 0 amide bonds. The van der Waals surface area contributed by atoms with Gasteiger partial charge in [0.2, 0.25) is 58.4 Å². The lowest BCUT2D eigenvalue weighted by atomic mass is 9.65. The largest absolute Gasteiger partial charge is 0.379 e. The van der Waals surface area contributed by atoms with Crippen LogP contribution in [0.25, 0.3) is 70.2 Å². The van der Waals surface area contributed by atoms with Gasteiger partial charge in [-0.25, -0.2) is 89.0 Å². The maximum absolute atomic E-state index is 9.30. The standard InChI is InChI=1S/2C25H29N5O.C25H28N4O2.C24H26N4O.C23H24N4O/c2*1-4-28-20-10-12-24(13-11-20)16-19-9-8-18(17-6-5-7-21(14-17)27-2)15-22(19)25(24)29-23(26)30(3)31-25;1-3-30-21-9-11-24(12-10-21)15-20-8-7-19(18-6-4-5-17(13-18)16-26)14-22(20)25(24)28-23(27)29(2)31-25;1-16-9-11-23(12-10-16)15-19-8-7-18(17-5-4-6-20(13-17)26-2)14-21(19)24(23)27-22(25)28(3)29-24;1-27-21(25)26-23(28-27)20-13-18(17-7-5-6-16(12-17)15-24)8-9-19(20)14-22(23)10-3-2-4-11-22/h2*5-9,14-15,20,28H,4,10-13,16H2,1,3H3,(H2,26,29);4-8,13-14,21H,3,9-12,15H2,1-2H3,(H2,27,28);4-8,13-14,16H,9-12,15H2,1,3H3,(H2,25,27);5-9,12-13H,2-4,10-11,14H2,1H3,(H2,25,26). The molecule has 5 fully saturated rings. The van der Waals surface area contributed by atoms with Gasteiger partial charge in [0.05, 0.1) is 49.1 Å². The number of aliphatic imine (C=N–C) groups is 5. The van der Waals surface area contributed by atoms with E-state index >= 15 is 0 Å². The van der Waals surface area contributed by atoms with Crippen molar-refractivity contribution in [3.8, 4) is 67.8 Å². The normalized spacial score (nSPS) is 28.7. The first-order valence-electron chi connectivity index (χ1n) is 53.6. The minimum Gasteiger partial charge on any atom is -0.379 e. The molecule has 5 aliphatic heterocycles. The number of guanidine groups is 5. The summed E-state index contributed by atoms with van der Waals surface area (Å²) in [6, 6.07) is 77.1. The van der Waals surface area contributed by atoms with Crippen LogP contribution in [0.5, 0.6) is 0 Å². The quantitative estimate of drug-likeness (QED) is 0.0591. The van der Waals surface area contributed by atoms with Crippen molar-refractivity contribution in [3.05, 3.63) is 313 Å². The summed E-state index contributed by atoms with van der Waals surface area (Å²) in [5, 5.41) is 33.9. The summed E-state index contributed by atoms with van der Waals surface area (Å²) >= 11 is 0. The number of nitrogens with one attached hydrogen (secondary N) is 2. The summed E-state index contributed by atoms with van der Waals surface area (Å²) in [6.07, 6.45) is 28.2. The van der Waals surface area contributed by atoms with E-state index in [4.69, 9.17) is 102 Å². The van der Waals surface area contributed by atoms with E-state index in [0.717, 1.165) is 244 Å². The fourth-order valence-electron chi connectivity index (χ4n) is 27.9. The van der Waals surface area contributed by atoms with Crippen molar-refractivity contribution >= 4 is 46.9 Å². The van der Waals surface area contributed by atoms with E-state index in [2.05, 4.69) is 174 Å². The number of rotatable bonds is 11. The average Bonchev–Trinajstić information content (AvgIpc) is 1.55. The molecule has 28 heteroatoms. The molecule has 0 aromatic heterocycles. The van der Waals surface area contributed by atoms with Gasteiger partial charge in [0.1, 0.15) is 0 Å². The number of fused-ring (bicyclic) bond motifs is 15. The second-order valence-electron chi connectivity index (χ2n) is 44.1. The van der Waals surface area contributed by atoms with Gasteiger partial charge in [-0.15, -0.1) is 0 Å². The number of hydrogen-bond acceptors (Lipinski definition) is 25. The zero-order valence-electron chi connectivity index (χ0n) is 87.6. The predicted molar refractivity (Wildman–Crippen MR) is 585 cm³/mol. The number of ether oxygens (including phenoxy) is 1. The Labute approximate surface area is 881 Å². The first kappa shape index (κ1) is 102. The number of benzene rings is 10. The Morgan fingerprint density at radius 2 is 0.580 bits per heavy atom. The van der Waals surface area contributed by atoms with Crippen LogP contribution in [0.3, 0.4) is 0 Å². The highest BCUT2D eigenvalue weighted by Crippen LogP contribution is 2.69. The Hall–Kier alpha value is -14.3. The highest BCUT2D eigenvalue weighted by molar-refractivity contribution is 5.84. The molecule has 0 radical (unpaired) electrons. The summed E-state index contributed by atoms with van der Waals surface area (Å²) < 4.78 is 5.92. The summed E-state index contributed by atoms with van der Waals surface area (Å²) in [5.41, 5.74) is 52.7. The number of hydroxylamine groups is 10. The third-order valence-electron chi connectivity index (χ3n) is 35.7. The number of hydrogen-bond donors (Lipinski definition) is 7. The van der Waals surface area contributed by atoms with Gasteiger partial charge in [0.25, 0.3) is 0 Å². The molecule has 10 spiro atoms. The van der Waals surface area contributed by atoms with Gasteiger partial charge < -0.3 is 44.0 Å². The molecule has 5 unspecified atom stereocenters. The number of nitrogens with zero attached hydrogens (tertiary/aromatic N) is 15. The van der Waals surface area contributed by atoms with Crippen molar-refractivity contribution < 1.29 is 28.9 Å². The highest BCUT2D eigenvalue weighted by Gasteiger charge is 2.69. The zero-order valence-corrected chi connectivity index (χ0v) is 87.6. The molecule has 15 aliphatic rings. The second-order valence-corrected chi connectivity index (χ2v) is 44.1. The lowest BCUT2D eigenvalue weighted by molar-refractivity contribution is -0.232. The van der Waals surface area contributed by atoms with Gasteiger partial charge in [0, 0.05) is 109 Å². The smallest absolute Gasteiger partial charge is 0.220 e. The van der Waals surface area contributed by atoms with Crippen LogP contribution in [-0.4, -0.2) is 128 Å². The van der Waals surface area contributed by atoms with Crippen LogP contribution in [0.1, 0.15) is 229 Å². The number of nitrogens with two attached hydrogens (primary N) is 5. The molecule has 150 heavy (non-hydrogen) atoms. The Morgan fingerprint density at radius 3 is 0.827 bits per heavy atom. The monoisotopic (exact) mass is 2010 g/mol. The zero-order chi connectivity index (χ0) is 104. The molecule has 0 bridgehead atoms. The van der Waals surface area contributed by atoms with E-state index in [1.165, 1.54) is 59.9 Å². The molecule has 5 saturated carbocycles. The molecule has 10 aliphatic carbocycles. The van der Waals surface area contributed by atoms with Crippen molar-refractivity contribution in [2.24, 2.45) is 86.6 Å². The summed E-state index contributed by atoms with van der Waals surface area (Å²) in [5.74, 6) is 2.90. The van der Waals surface area contributed by atoms with Crippen LogP contribution in [0, 0.1) is 75.4 Å². The fraction of sp³-hybridized carbons (Fsp3) is 0.426.